The minimum absolute atomic E-state index is 0.0440. The third-order valence-electron chi connectivity index (χ3n) is 5.74. The van der Waals surface area contributed by atoms with E-state index in [1.807, 2.05) is 60.7 Å². The zero-order chi connectivity index (χ0) is 23.6. The molecule has 0 bridgehead atoms. The van der Waals surface area contributed by atoms with Gasteiger partial charge >= 0.3 is 0 Å². The Labute approximate surface area is 205 Å². The number of fused-ring (bicyclic) bond motifs is 1. The topological polar surface area (TPSA) is 56.2 Å². The summed E-state index contributed by atoms with van der Waals surface area (Å²) in [6, 6.07) is 25.5. The second-order valence-corrected chi connectivity index (χ2v) is 8.73. The number of unbranched alkanes of at least 4 members (excludes halogenated alkanes) is 2. The summed E-state index contributed by atoms with van der Waals surface area (Å²) in [6.45, 7) is 2.04. The van der Waals surface area contributed by atoms with Crippen molar-refractivity contribution >= 4 is 28.5 Å². The quantitative estimate of drug-likeness (QED) is 0.262. The first-order valence-electron chi connectivity index (χ1n) is 11.8. The molecule has 4 aromatic rings. The molecule has 1 amide bonds. The van der Waals surface area contributed by atoms with Crippen LogP contribution in [0.1, 0.15) is 30.7 Å². The van der Waals surface area contributed by atoms with Gasteiger partial charge in [-0.05, 0) is 54.8 Å². The SMILES string of the molecule is O=C(Cc1ccc(Cl)cc1)NCCCCCc1nc2ccccc2n1CCOc1ccccc1. The van der Waals surface area contributed by atoms with Crippen LogP contribution >= 0.6 is 11.6 Å². The highest BCUT2D eigenvalue weighted by Crippen LogP contribution is 2.18. The number of hydrogen-bond acceptors (Lipinski definition) is 3. The van der Waals surface area contributed by atoms with E-state index in [0.717, 1.165) is 60.4 Å². The molecule has 0 spiro atoms. The molecule has 0 atom stereocenters. The first-order valence-corrected chi connectivity index (χ1v) is 12.2. The van der Waals surface area contributed by atoms with E-state index < -0.39 is 0 Å². The van der Waals surface area contributed by atoms with Gasteiger partial charge in [-0.2, -0.15) is 0 Å². The molecule has 4 rings (SSSR count). The third kappa shape index (κ3) is 6.84. The summed E-state index contributed by atoms with van der Waals surface area (Å²) in [4.78, 5) is 17.0. The van der Waals surface area contributed by atoms with Crippen molar-refractivity contribution in [2.75, 3.05) is 13.2 Å². The summed E-state index contributed by atoms with van der Waals surface area (Å²) in [5.74, 6) is 2.01. The number of carbonyl (C=O) groups excluding carboxylic acids is 1. The molecule has 0 aliphatic carbocycles. The van der Waals surface area contributed by atoms with Crippen molar-refractivity contribution in [3.8, 4) is 5.75 Å². The number of ether oxygens (including phenoxy) is 1. The van der Waals surface area contributed by atoms with E-state index in [9.17, 15) is 4.79 Å². The van der Waals surface area contributed by atoms with Gasteiger partial charge in [-0.25, -0.2) is 4.98 Å². The minimum Gasteiger partial charge on any atom is -0.492 e. The standard InChI is InChI=1S/C28H30ClN3O2/c29-23-16-14-22(15-17-23)21-28(33)30-18-8-2-5-13-27-31-25-11-6-7-12-26(25)32(27)19-20-34-24-9-3-1-4-10-24/h1,3-4,6-7,9-12,14-17H,2,5,8,13,18-21H2,(H,30,33). The number of nitrogens with one attached hydrogen (secondary N) is 1. The zero-order valence-corrected chi connectivity index (χ0v) is 20.0. The van der Waals surface area contributed by atoms with E-state index in [-0.39, 0.29) is 5.91 Å². The fraction of sp³-hybridized carbons (Fsp3) is 0.286. The number of aromatic nitrogens is 2. The van der Waals surface area contributed by atoms with Crippen LogP contribution in [0.3, 0.4) is 0 Å². The van der Waals surface area contributed by atoms with Crippen LogP contribution in [-0.4, -0.2) is 28.6 Å². The molecule has 0 fully saturated rings. The van der Waals surface area contributed by atoms with Gasteiger partial charge in [0.2, 0.25) is 5.91 Å². The van der Waals surface area contributed by atoms with E-state index in [1.165, 1.54) is 0 Å². The van der Waals surface area contributed by atoms with Crippen LogP contribution in [0.2, 0.25) is 5.02 Å². The summed E-state index contributed by atoms with van der Waals surface area (Å²) in [5.41, 5.74) is 3.13. The van der Waals surface area contributed by atoms with E-state index in [1.54, 1.807) is 0 Å². The Kier molecular flexibility index (Phi) is 8.58. The van der Waals surface area contributed by atoms with Gasteiger partial charge in [0, 0.05) is 18.0 Å². The smallest absolute Gasteiger partial charge is 0.224 e. The Morgan fingerprint density at radius 3 is 2.50 bits per heavy atom. The molecule has 0 saturated heterocycles. The summed E-state index contributed by atoms with van der Waals surface area (Å²) < 4.78 is 8.19. The van der Waals surface area contributed by atoms with Gasteiger partial charge in [0.1, 0.15) is 18.2 Å². The number of hydrogen-bond donors (Lipinski definition) is 1. The van der Waals surface area contributed by atoms with Crippen molar-refractivity contribution in [3.05, 3.63) is 95.3 Å². The van der Waals surface area contributed by atoms with Crippen molar-refractivity contribution in [1.29, 1.82) is 0 Å². The predicted octanol–water partition coefficient (Wildman–Crippen LogP) is 5.84. The van der Waals surface area contributed by atoms with Gasteiger partial charge < -0.3 is 14.6 Å². The Morgan fingerprint density at radius 2 is 1.68 bits per heavy atom. The number of amides is 1. The summed E-state index contributed by atoms with van der Waals surface area (Å²) in [7, 11) is 0. The maximum absolute atomic E-state index is 12.1. The van der Waals surface area contributed by atoms with Crippen molar-refractivity contribution in [2.45, 2.75) is 38.6 Å². The fourth-order valence-electron chi connectivity index (χ4n) is 4.00. The summed E-state index contributed by atoms with van der Waals surface area (Å²) in [6.07, 6.45) is 4.29. The van der Waals surface area contributed by atoms with Gasteiger partial charge in [0.25, 0.3) is 0 Å². The molecule has 0 aliphatic heterocycles. The lowest BCUT2D eigenvalue weighted by molar-refractivity contribution is -0.120. The lowest BCUT2D eigenvalue weighted by Crippen LogP contribution is -2.26. The van der Waals surface area contributed by atoms with Crippen LogP contribution in [0.15, 0.2) is 78.9 Å². The Bertz CT molecular complexity index is 1190. The second-order valence-electron chi connectivity index (χ2n) is 8.29. The molecule has 1 aromatic heterocycles. The normalized spacial score (nSPS) is 11.0. The molecule has 6 heteroatoms. The predicted molar refractivity (Wildman–Crippen MR) is 137 cm³/mol. The monoisotopic (exact) mass is 475 g/mol. The van der Waals surface area contributed by atoms with E-state index in [2.05, 4.69) is 28.1 Å². The van der Waals surface area contributed by atoms with E-state index in [0.29, 0.717) is 24.6 Å². The molecule has 1 N–H and O–H groups in total. The van der Waals surface area contributed by atoms with Crippen LogP contribution in [0.25, 0.3) is 11.0 Å². The molecule has 5 nitrogen and oxygen atoms in total. The Balaban J connectivity index is 1.22. The molecule has 176 valence electrons. The van der Waals surface area contributed by atoms with Crippen molar-refractivity contribution in [2.24, 2.45) is 0 Å². The van der Waals surface area contributed by atoms with E-state index in [4.69, 9.17) is 21.3 Å². The van der Waals surface area contributed by atoms with Crippen molar-refractivity contribution in [3.63, 3.8) is 0 Å². The molecule has 0 saturated carbocycles. The van der Waals surface area contributed by atoms with Crippen LogP contribution < -0.4 is 10.1 Å². The third-order valence-corrected chi connectivity index (χ3v) is 5.99. The number of benzene rings is 3. The van der Waals surface area contributed by atoms with Gasteiger partial charge in [0.05, 0.1) is 24.0 Å². The van der Waals surface area contributed by atoms with Crippen molar-refractivity contribution in [1.82, 2.24) is 14.9 Å². The number of aryl methyl sites for hydroxylation is 1. The molecule has 3 aromatic carbocycles. The van der Waals surface area contributed by atoms with Gasteiger partial charge in [-0.1, -0.05) is 60.5 Å². The Hall–Kier alpha value is -3.31. The maximum Gasteiger partial charge on any atom is 0.224 e. The largest absolute Gasteiger partial charge is 0.492 e. The highest BCUT2D eigenvalue weighted by molar-refractivity contribution is 6.30. The van der Waals surface area contributed by atoms with Crippen LogP contribution in [0.5, 0.6) is 5.75 Å². The molecule has 1 heterocycles. The maximum atomic E-state index is 12.1. The van der Waals surface area contributed by atoms with Gasteiger partial charge in [0.15, 0.2) is 0 Å². The molecular formula is C28H30ClN3O2. The number of para-hydroxylation sites is 3. The van der Waals surface area contributed by atoms with Crippen molar-refractivity contribution < 1.29 is 9.53 Å². The van der Waals surface area contributed by atoms with Crippen LogP contribution in [0.4, 0.5) is 0 Å². The van der Waals surface area contributed by atoms with Crippen LogP contribution in [0, 0.1) is 0 Å². The van der Waals surface area contributed by atoms with Gasteiger partial charge in [-0.3, -0.25) is 4.79 Å². The molecule has 0 aliphatic rings. The Morgan fingerprint density at radius 1 is 0.912 bits per heavy atom. The average molecular weight is 476 g/mol. The lowest BCUT2D eigenvalue weighted by Gasteiger charge is -2.11. The number of rotatable bonds is 12. The second kappa shape index (κ2) is 12.2. The molecule has 0 unspecified atom stereocenters. The van der Waals surface area contributed by atoms with Gasteiger partial charge in [-0.15, -0.1) is 0 Å². The molecule has 0 radical (unpaired) electrons. The first kappa shape index (κ1) is 23.8. The average Bonchev–Trinajstić information content (AvgIpc) is 3.21. The minimum atomic E-state index is 0.0440. The lowest BCUT2D eigenvalue weighted by atomic mass is 10.1. The number of halogens is 1. The van der Waals surface area contributed by atoms with E-state index >= 15 is 0 Å². The highest BCUT2D eigenvalue weighted by Gasteiger charge is 2.10. The summed E-state index contributed by atoms with van der Waals surface area (Å²) in [5, 5.41) is 3.69. The summed E-state index contributed by atoms with van der Waals surface area (Å²) >= 11 is 5.89. The number of imidazole rings is 1. The number of nitrogens with zero attached hydrogens (tertiary/aromatic N) is 2. The highest BCUT2D eigenvalue weighted by atomic mass is 35.5. The number of carbonyl (C=O) groups is 1. The van der Waals surface area contributed by atoms with Crippen LogP contribution in [-0.2, 0) is 24.2 Å². The molecular weight excluding hydrogens is 446 g/mol. The zero-order valence-electron chi connectivity index (χ0n) is 19.3. The molecule has 34 heavy (non-hydrogen) atoms. The fourth-order valence-corrected chi connectivity index (χ4v) is 4.13. The first-order chi connectivity index (χ1) is 16.7.